The lowest BCUT2D eigenvalue weighted by Crippen LogP contribution is -2.03. The van der Waals surface area contributed by atoms with Crippen LogP contribution in [0.3, 0.4) is 0 Å². The number of benzene rings is 1. The predicted octanol–water partition coefficient (Wildman–Crippen LogP) is 2.53. The first-order valence-corrected chi connectivity index (χ1v) is 5.37. The summed E-state index contributed by atoms with van der Waals surface area (Å²) in [5.41, 5.74) is 2.06. The molecule has 1 heterocycles. The Labute approximate surface area is 101 Å². The fraction of sp³-hybridized carbons (Fsp3) is 0.231. The fourth-order valence-corrected chi connectivity index (χ4v) is 1.60. The first-order chi connectivity index (χ1) is 8.20. The second-order valence-corrected chi connectivity index (χ2v) is 3.93. The van der Waals surface area contributed by atoms with Crippen LogP contribution in [-0.4, -0.2) is 21.9 Å². The first-order valence-electron chi connectivity index (χ1n) is 5.37. The van der Waals surface area contributed by atoms with E-state index >= 15 is 0 Å². The van der Waals surface area contributed by atoms with Gasteiger partial charge in [-0.2, -0.15) is 5.10 Å². The van der Waals surface area contributed by atoms with E-state index in [2.05, 4.69) is 16.7 Å². The summed E-state index contributed by atoms with van der Waals surface area (Å²) in [4.78, 5) is 4.26. The molecule has 0 saturated carbocycles. The monoisotopic (exact) mass is 229 g/mol. The molecule has 0 radical (unpaired) electrons. The third-order valence-electron chi connectivity index (χ3n) is 2.38. The molecule has 0 bridgehead atoms. The Morgan fingerprint density at radius 3 is 2.65 bits per heavy atom. The first kappa shape index (κ1) is 11.4. The van der Waals surface area contributed by atoms with Gasteiger partial charge in [0.1, 0.15) is 12.1 Å². The Balaban J connectivity index is 2.32. The van der Waals surface area contributed by atoms with Crippen LogP contribution in [0.25, 0.3) is 11.4 Å². The van der Waals surface area contributed by atoms with Crippen molar-refractivity contribution in [3.05, 3.63) is 42.7 Å². The van der Waals surface area contributed by atoms with Crippen molar-refractivity contribution in [3.63, 3.8) is 0 Å². The molecule has 88 valence electrons. The van der Waals surface area contributed by atoms with Crippen molar-refractivity contribution in [2.75, 3.05) is 7.11 Å². The maximum absolute atomic E-state index is 5.12. The van der Waals surface area contributed by atoms with Crippen LogP contribution < -0.4 is 4.74 Å². The van der Waals surface area contributed by atoms with E-state index < -0.39 is 0 Å². The smallest absolute Gasteiger partial charge is 0.158 e. The van der Waals surface area contributed by atoms with Gasteiger partial charge in [-0.25, -0.2) is 9.67 Å². The zero-order valence-corrected chi connectivity index (χ0v) is 10.1. The Hall–Kier alpha value is -2.10. The van der Waals surface area contributed by atoms with Crippen LogP contribution >= 0.6 is 0 Å². The number of hydrogen-bond donors (Lipinski definition) is 0. The van der Waals surface area contributed by atoms with Gasteiger partial charge < -0.3 is 4.74 Å². The van der Waals surface area contributed by atoms with Crippen LogP contribution in [0.4, 0.5) is 0 Å². The van der Waals surface area contributed by atoms with E-state index in [4.69, 9.17) is 4.74 Å². The van der Waals surface area contributed by atoms with Crippen molar-refractivity contribution in [1.82, 2.24) is 14.8 Å². The minimum absolute atomic E-state index is 0.682. The molecule has 4 heteroatoms. The highest BCUT2D eigenvalue weighted by atomic mass is 16.5. The quantitative estimate of drug-likeness (QED) is 0.756. The van der Waals surface area contributed by atoms with Gasteiger partial charge in [-0.1, -0.05) is 12.2 Å². The highest BCUT2D eigenvalue weighted by molar-refractivity contribution is 5.56. The molecule has 0 amide bonds. The van der Waals surface area contributed by atoms with Gasteiger partial charge in [0.05, 0.1) is 13.7 Å². The fourth-order valence-electron chi connectivity index (χ4n) is 1.60. The van der Waals surface area contributed by atoms with E-state index in [0.717, 1.165) is 22.7 Å². The molecule has 4 nitrogen and oxygen atoms in total. The van der Waals surface area contributed by atoms with Gasteiger partial charge >= 0.3 is 0 Å². The number of nitrogens with zero attached hydrogens (tertiary/aromatic N) is 3. The number of hydrogen-bond acceptors (Lipinski definition) is 3. The lowest BCUT2D eigenvalue weighted by Gasteiger charge is -2.06. The molecule has 0 aliphatic rings. The van der Waals surface area contributed by atoms with E-state index in [1.54, 1.807) is 13.4 Å². The standard InChI is InChI=1S/C13H15N3O/c1-10(2)8-16-13(14-9-15-16)11-4-6-12(17-3)7-5-11/h4-7,9H,1,8H2,2-3H3. The van der Waals surface area contributed by atoms with Crippen LogP contribution in [0.2, 0.25) is 0 Å². The normalized spacial score (nSPS) is 10.2. The lowest BCUT2D eigenvalue weighted by molar-refractivity contribution is 0.415. The summed E-state index contributed by atoms with van der Waals surface area (Å²) in [6.07, 6.45) is 1.56. The molecular formula is C13H15N3O. The number of aromatic nitrogens is 3. The molecule has 1 aromatic heterocycles. The summed E-state index contributed by atoms with van der Waals surface area (Å²) < 4.78 is 6.96. The molecule has 2 rings (SSSR count). The maximum atomic E-state index is 5.12. The second-order valence-electron chi connectivity index (χ2n) is 3.93. The average molecular weight is 229 g/mol. The van der Waals surface area contributed by atoms with Crippen molar-refractivity contribution in [1.29, 1.82) is 0 Å². The van der Waals surface area contributed by atoms with Gasteiger partial charge in [-0.3, -0.25) is 0 Å². The minimum Gasteiger partial charge on any atom is -0.497 e. The zero-order valence-electron chi connectivity index (χ0n) is 10.1. The number of rotatable bonds is 4. The molecule has 0 atom stereocenters. The summed E-state index contributed by atoms with van der Waals surface area (Å²) >= 11 is 0. The molecule has 0 saturated heterocycles. The Bertz CT molecular complexity index is 514. The summed E-state index contributed by atoms with van der Waals surface area (Å²) in [5, 5.41) is 4.19. The van der Waals surface area contributed by atoms with E-state index in [0.29, 0.717) is 6.54 Å². The zero-order chi connectivity index (χ0) is 12.3. The van der Waals surface area contributed by atoms with Crippen LogP contribution in [0.1, 0.15) is 6.92 Å². The number of ether oxygens (including phenoxy) is 1. The lowest BCUT2D eigenvalue weighted by atomic mass is 10.2. The van der Waals surface area contributed by atoms with Gasteiger partial charge in [-0.15, -0.1) is 0 Å². The highest BCUT2D eigenvalue weighted by Crippen LogP contribution is 2.20. The molecule has 0 N–H and O–H groups in total. The van der Waals surface area contributed by atoms with Gasteiger partial charge in [0.2, 0.25) is 0 Å². The van der Waals surface area contributed by atoms with Gasteiger partial charge in [0, 0.05) is 5.56 Å². The van der Waals surface area contributed by atoms with Crippen molar-refractivity contribution in [2.24, 2.45) is 0 Å². The minimum atomic E-state index is 0.682. The maximum Gasteiger partial charge on any atom is 0.158 e. The average Bonchev–Trinajstić information content (AvgIpc) is 2.76. The van der Waals surface area contributed by atoms with Crippen molar-refractivity contribution in [2.45, 2.75) is 13.5 Å². The molecule has 0 aliphatic heterocycles. The van der Waals surface area contributed by atoms with Crippen LogP contribution in [-0.2, 0) is 6.54 Å². The summed E-state index contributed by atoms with van der Waals surface area (Å²) in [6.45, 7) is 6.54. The van der Waals surface area contributed by atoms with Gasteiger partial charge in [-0.05, 0) is 31.2 Å². The number of methoxy groups -OCH3 is 1. The molecule has 0 spiro atoms. The molecule has 1 aromatic carbocycles. The molecule has 0 unspecified atom stereocenters. The third kappa shape index (κ3) is 2.53. The summed E-state index contributed by atoms with van der Waals surface area (Å²) in [5.74, 6) is 1.68. The molecule has 0 aliphatic carbocycles. The SMILES string of the molecule is C=C(C)Cn1ncnc1-c1ccc(OC)cc1. The molecule has 2 aromatic rings. The third-order valence-corrected chi connectivity index (χ3v) is 2.38. The van der Waals surface area contributed by atoms with Gasteiger partial charge in [0.25, 0.3) is 0 Å². The van der Waals surface area contributed by atoms with E-state index in [9.17, 15) is 0 Å². The largest absolute Gasteiger partial charge is 0.497 e. The number of allylic oxidation sites excluding steroid dienone is 1. The van der Waals surface area contributed by atoms with Crippen LogP contribution in [0.5, 0.6) is 5.75 Å². The topological polar surface area (TPSA) is 39.9 Å². The molecule has 17 heavy (non-hydrogen) atoms. The molecular weight excluding hydrogens is 214 g/mol. The Morgan fingerprint density at radius 2 is 2.06 bits per heavy atom. The van der Waals surface area contributed by atoms with Crippen molar-refractivity contribution >= 4 is 0 Å². The van der Waals surface area contributed by atoms with E-state index in [1.165, 1.54) is 0 Å². The summed E-state index contributed by atoms with van der Waals surface area (Å²) in [7, 11) is 1.65. The second kappa shape index (κ2) is 4.82. The van der Waals surface area contributed by atoms with Crippen LogP contribution in [0, 0.1) is 0 Å². The van der Waals surface area contributed by atoms with Crippen molar-refractivity contribution < 1.29 is 4.74 Å². The van der Waals surface area contributed by atoms with E-state index in [1.807, 2.05) is 35.9 Å². The Kier molecular flexibility index (Phi) is 3.23. The Morgan fingerprint density at radius 1 is 1.35 bits per heavy atom. The molecule has 0 fully saturated rings. The van der Waals surface area contributed by atoms with Gasteiger partial charge in [0.15, 0.2) is 5.82 Å². The predicted molar refractivity (Wildman–Crippen MR) is 66.8 cm³/mol. The highest BCUT2D eigenvalue weighted by Gasteiger charge is 2.07. The van der Waals surface area contributed by atoms with Crippen LogP contribution in [0.15, 0.2) is 42.7 Å². The van der Waals surface area contributed by atoms with E-state index in [-0.39, 0.29) is 0 Å². The summed E-state index contributed by atoms with van der Waals surface area (Å²) in [6, 6.07) is 7.76. The van der Waals surface area contributed by atoms with Crippen molar-refractivity contribution in [3.8, 4) is 17.1 Å².